The van der Waals surface area contributed by atoms with E-state index < -0.39 is 0 Å². The quantitative estimate of drug-likeness (QED) is 0.759. The predicted molar refractivity (Wildman–Crippen MR) is 78.6 cm³/mol. The van der Waals surface area contributed by atoms with Crippen molar-refractivity contribution in [1.29, 1.82) is 0 Å². The van der Waals surface area contributed by atoms with Crippen LogP contribution in [0.25, 0.3) is 0 Å². The van der Waals surface area contributed by atoms with Crippen LogP contribution in [-0.2, 0) is 4.79 Å². The van der Waals surface area contributed by atoms with Gasteiger partial charge in [-0.05, 0) is 31.9 Å². The highest BCUT2D eigenvalue weighted by Crippen LogP contribution is 2.16. The summed E-state index contributed by atoms with van der Waals surface area (Å²) in [5.74, 6) is 0.836. The van der Waals surface area contributed by atoms with Gasteiger partial charge in [-0.3, -0.25) is 4.79 Å². The number of ether oxygens (including phenoxy) is 1. The Balaban J connectivity index is 2.43. The molecule has 0 heterocycles. The standard InChI is InChI=1S/C15H24N2O2/c1-4-12(5-2)17-15(18)11-16-13-8-7-9-14(10-13)19-6-3/h7-10,12,16H,4-6,11H2,1-3H3,(H,17,18). The zero-order valence-corrected chi connectivity index (χ0v) is 12.0. The largest absolute Gasteiger partial charge is 0.494 e. The van der Waals surface area contributed by atoms with Gasteiger partial charge in [-0.15, -0.1) is 0 Å². The Morgan fingerprint density at radius 1 is 1.26 bits per heavy atom. The van der Waals surface area contributed by atoms with Crippen molar-refractivity contribution in [3.05, 3.63) is 24.3 Å². The van der Waals surface area contributed by atoms with Gasteiger partial charge in [0.05, 0.1) is 13.2 Å². The van der Waals surface area contributed by atoms with Crippen LogP contribution in [0.4, 0.5) is 5.69 Å². The lowest BCUT2D eigenvalue weighted by molar-refractivity contribution is -0.120. The summed E-state index contributed by atoms with van der Waals surface area (Å²) in [6, 6.07) is 7.90. The lowest BCUT2D eigenvalue weighted by atomic mass is 10.2. The van der Waals surface area contributed by atoms with Gasteiger partial charge in [-0.25, -0.2) is 0 Å². The molecule has 0 spiro atoms. The second kappa shape index (κ2) is 8.40. The Hall–Kier alpha value is -1.71. The number of anilines is 1. The number of carbonyl (C=O) groups is 1. The van der Waals surface area contributed by atoms with Gasteiger partial charge in [0, 0.05) is 17.8 Å². The Labute approximate surface area is 115 Å². The minimum Gasteiger partial charge on any atom is -0.494 e. The lowest BCUT2D eigenvalue weighted by Gasteiger charge is -2.15. The molecule has 0 fully saturated rings. The van der Waals surface area contributed by atoms with Gasteiger partial charge in [0.1, 0.15) is 5.75 Å². The fraction of sp³-hybridized carbons (Fsp3) is 0.533. The van der Waals surface area contributed by atoms with E-state index in [-0.39, 0.29) is 18.5 Å². The summed E-state index contributed by atoms with van der Waals surface area (Å²) in [5, 5.41) is 6.10. The number of rotatable bonds is 8. The van der Waals surface area contributed by atoms with E-state index in [2.05, 4.69) is 24.5 Å². The number of hydrogen-bond acceptors (Lipinski definition) is 3. The second-order valence-corrected chi connectivity index (χ2v) is 4.40. The highest BCUT2D eigenvalue weighted by atomic mass is 16.5. The SMILES string of the molecule is CCOc1cccc(NCC(=O)NC(CC)CC)c1. The molecule has 106 valence electrons. The van der Waals surface area contributed by atoms with Crippen LogP contribution >= 0.6 is 0 Å². The maximum Gasteiger partial charge on any atom is 0.239 e. The first-order valence-corrected chi connectivity index (χ1v) is 6.95. The van der Waals surface area contributed by atoms with Crippen molar-refractivity contribution in [1.82, 2.24) is 5.32 Å². The van der Waals surface area contributed by atoms with Gasteiger partial charge in [-0.1, -0.05) is 19.9 Å². The molecule has 0 saturated carbocycles. The molecule has 1 rings (SSSR count). The molecule has 4 nitrogen and oxygen atoms in total. The number of carbonyl (C=O) groups excluding carboxylic acids is 1. The molecule has 1 aromatic carbocycles. The highest BCUT2D eigenvalue weighted by Gasteiger charge is 2.07. The van der Waals surface area contributed by atoms with Gasteiger partial charge >= 0.3 is 0 Å². The summed E-state index contributed by atoms with van der Waals surface area (Å²) in [6.07, 6.45) is 1.92. The monoisotopic (exact) mass is 264 g/mol. The Morgan fingerprint density at radius 3 is 2.63 bits per heavy atom. The van der Waals surface area contributed by atoms with Gasteiger partial charge in [0.25, 0.3) is 0 Å². The average Bonchev–Trinajstić information content (AvgIpc) is 2.43. The smallest absolute Gasteiger partial charge is 0.239 e. The Kier molecular flexibility index (Phi) is 6.79. The fourth-order valence-corrected chi connectivity index (χ4v) is 1.82. The average molecular weight is 264 g/mol. The van der Waals surface area contributed by atoms with E-state index in [1.807, 2.05) is 31.2 Å². The maximum atomic E-state index is 11.8. The molecule has 2 N–H and O–H groups in total. The summed E-state index contributed by atoms with van der Waals surface area (Å²) in [6.45, 7) is 7.02. The van der Waals surface area contributed by atoms with Gasteiger partial charge in [0.15, 0.2) is 0 Å². The molecule has 0 aromatic heterocycles. The zero-order chi connectivity index (χ0) is 14.1. The zero-order valence-electron chi connectivity index (χ0n) is 12.0. The molecule has 0 atom stereocenters. The molecular weight excluding hydrogens is 240 g/mol. The molecule has 19 heavy (non-hydrogen) atoms. The summed E-state index contributed by atoms with van der Waals surface area (Å²) >= 11 is 0. The van der Waals surface area contributed by atoms with Crippen molar-refractivity contribution in [2.45, 2.75) is 39.7 Å². The molecule has 0 saturated heterocycles. The summed E-state index contributed by atoms with van der Waals surface area (Å²) in [4.78, 5) is 11.8. The summed E-state index contributed by atoms with van der Waals surface area (Å²) in [5.41, 5.74) is 0.894. The van der Waals surface area contributed by atoms with E-state index in [4.69, 9.17) is 4.74 Å². The summed E-state index contributed by atoms with van der Waals surface area (Å²) in [7, 11) is 0. The number of benzene rings is 1. The third-order valence-corrected chi connectivity index (χ3v) is 2.95. The molecule has 0 radical (unpaired) electrons. The molecule has 0 bridgehead atoms. The maximum absolute atomic E-state index is 11.8. The van der Waals surface area contributed by atoms with Crippen molar-refractivity contribution < 1.29 is 9.53 Å². The Bertz CT molecular complexity index is 389. The van der Waals surface area contributed by atoms with E-state index in [0.717, 1.165) is 24.3 Å². The first-order valence-electron chi connectivity index (χ1n) is 6.95. The summed E-state index contributed by atoms with van der Waals surface area (Å²) < 4.78 is 5.41. The molecule has 0 unspecified atom stereocenters. The van der Waals surface area contributed by atoms with Gasteiger partial charge in [-0.2, -0.15) is 0 Å². The minimum atomic E-state index is 0.0236. The number of amides is 1. The molecule has 0 aliphatic rings. The first kappa shape index (κ1) is 15.3. The normalized spacial score (nSPS) is 10.3. The molecule has 0 aliphatic heterocycles. The van der Waals surface area contributed by atoms with Crippen LogP contribution in [0.2, 0.25) is 0 Å². The van der Waals surface area contributed by atoms with Crippen LogP contribution in [-0.4, -0.2) is 25.1 Å². The lowest BCUT2D eigenvalue weighted by Crippen LogP contribution is -2.37. The molecular formula is C15H24N2O2. The van der Waals surface area contributed by atoms with Crippen molar-refractivity contribution in [2.75, 3.05) is 18.5 Å². The third kappa shape index (κ3) is 5.64. The van der Waals surface area contributed by atoms with Crippen LogP contribution in [0.5, 0.6) is 5.75 Å². The molecule has 1 amide bonds. The highest BCUT2D eigenvalue weighted by molar-refractivity contribution is 5.81. The van der Waals surface area contributed by atoms with Crippen LogP contribution in [0.15, 0.2) is 24.3 Å². The van der Waals surface area contributed by atoms with E-state index in [1.54, 1.807) is 0 Å². The van der Waals surface area contributed by atoms with E-state index in [1.165, 1.54) is 0 Å². The number of hydrogen-bond donors (Lipinski definition) is 2. The van der Waals surface area contributed by atoms with Crippen LogP contribution in [0, 0.1) is 0 Å². The topological polar surface area (TPSA) is 50.4 Å². The van der Waals surface area contributed by atoms with Crippen LogP contribution in [0.1, 0.15) is 33.6 Å². The first-order chi connectivity index (χ1) is 9.19. The van der Waals surface area contributed by atoms with Gasteiger partial charge in [0.2, 0.25) is 5.91 Å². The fourth-order valence-electron chi connectivity index (χ4n) is 1.82. The van der Waals surface area contributed by atoms with Gasteiger partial charge < -0.3 is 15.4 Å². The molecule has 0 aliphatic carbocycles. The van der Waals surface area contributed by atoms with Crippen LogP contribution < -0.4 is 15.4 Å². The van der Waals surface area contributed by atoms with Crippen molar-refractivity contribution in [3.63, 3.8) is 0 Å². The Morgan fingerprint density at radius 2 is 2.00 bits per heavy atom. The third-order valence-electron chi connectivity index (χ3n) is 2.95. The van der Waals surface area contributed by atoms with Crippen molar-refractivity contribution in [2.24, 2.45) is 0 Å². The van der Waals surface area contributed by atoms with Crippen molar-refractivity contribution >= 4 is 11.6 Å². The molecule has 1 aromatic rings. The second-order valence-electron chi connectivity index (χ2n) is 4.40. The van der Waals surface area contributed by atoms with E-state index in [0.29, 0.717) is 6.61 Å². The minimum absolute atomic E-state index is 0.0236. The molecule has 4 heteroatoms. The van der Waals surface area contributed by atoms with Crippen LogP contribution in [0.3, 0.4) is 0 Å². The van der Waals surface area contributed by atoms with E-state index >= 15 is 0 Å². The van der Waals surface area contributed by atoms with Crippen molar-refractivity contribution in [3.8, 4) is 5.75 Å². The van der Waals surface area contributed by atoms with E-state index in [9.17, 15) is 4.79 Å². The predicted octanol–water partition coefficient (Wildman–Crippen LogP) is 2.80. The number of nitrogens with one attached hydrogen (secondary N) is 2.